The van der Waals surface area contributed by atoms with Gasteiger partial charge in [0.15, 0.2) is 0 Å². The highest BCUT2D eigenvalue weighted by Crippen LogP contribution is 2.20. The minimum Gasteiger partial charge on any atom is -0.467 e. The van der Waals surface area contributed by atoms with Crippen LogP contribution in [0.25, 0.3) is 0 Å². The van der Waals surface area contributed by atoms with E-state index in [2.05, 4.69) is 31.0 Å². The third kappa shape index (κ3) is 4.90. The van der Waals surface area contributed by atoms with Crippen LogP contribution in [-0.2, 0) is 0 Å². The lowest BCUT2D eigenvalue weighted by molar-refractivity contribution is 0.378. The summed E-state index contributed by atoms with van der Waals surface area (Å²) in [5.41, 5.74) is 0. The van der Waals surface area contributed by atoms with Crippen molar-refractivity contribution >= 4 is 23.7 Å². The predicted molar refractivity (Wildman–Crippen MR) is 93.3 cm³/mol. The smallest absolute Gasteiger partial charge is 0.322 e. The van der Waals surface area contributed by atoms with Gasteiger partial charge in [-0.15, -0.1) is 0 Å². The maximum absolute atomic E-state index is 5.27. The van der Waals surface area contributed by atoms with Gasteiger partial charge in [-0.2, -0.15) is 26.7 Å². The molecule has 7 heteroatoms. The third-order valence-corrected chi connectivity index (χ3v) is 4.54. The van der Waals surface area contributed by atoms with Crippen molar-refractivity contribution in [1.82, 2.24) is 15.0 Å². The SMILES string of the molecule is COc1nc(N(C)CCCSC)nc(N2CCCCCC2)n1. The first-order valence-electron chi connectivity index (χ1n) is 7.99. The van der Waals surface area contributed by atoms with Gasteiger partial charge in [0.05, 0.1) is 7.11 Å². The van der Waals surface area contributed by atoms with E-state index >= 15 is 0 Å². The van der Waals surface area contributed by atoms with E-state index in [1.807, 2.05) is 18.8 Å². The first-order chi connectivity index (χ1) is 10.7. The van der Waals surface area contributed by atoms with Crippen LogP contribution in [0, 0.1) is 0 Å². The zero-order chi connectivity index (χ0) is 15.8. The van der Waals surface area contributed by atoms with E-state index in [1.54, 1.807) is 7.11 Å². The van der Waals surface area contributed by atoms with Crippen molar-refractivity contribution in [1.29, 1.82) is 0 Å². The van der Waals surface area contributed by atoms with Crippen LogP contribution in [0.5, 0.6) is 6.01 Å². The summed E-state index contributed by atoms with van der Waals surface area (Å²) in [5, 5.41) is 0. The summed E-state index contributed by atoms with van der Waals surface area (Å²) in [6, 6.07) is 0.404. The van der Waals surface area contributed by atoms with Crippen molar-refractivity contribution in [2.24, 2.45) is 0 Å². The second-order valence-electron chi connectivity index (χ2n) is 5.59. The maximum atomic E-state index is 5.27. The molecule has 0 atom stereocenters. The largest absolute Gasteiger partial charge is 0.467 e. The van der Waals surface area contributed by atoms with E-state index in [9.17, 15) is 0 Å². The molecule has 0 unspecified atom stereocenters. The molecule has 0 amide bonds. The summed E-state index contributed by atoms with van der Waals surface area (Å²) in [5.74, 6) is 2.60. The lowest BCUT2D eigenvalue weighted by Crippen LogP contribution is -2.28. The first kappa shape index (κ1) is 17.1. The molecule has 1 aromatic heterocycles. The summed E-state index contributed by atoms with van der Waals surface area (Å²) in [7, 11) is 3.64. The fourth-order valence-corrected chi connectivity index (χ4v) is 2.97. The van der Waals surface area contributed by atoms with E-state index in [-0.39, 0.29) is 0 Å². The van der Waals surface area contributed by atoms with Crippen LogP contribution in [-0.4, -0.2) is 60.8 Å². The average Bonchev–Trinajstić information content (AvgIpc) is 2.83. The molecule has 0 saturated carbocycles. The quantitative estimate of drug-likeness (QED) is 0.714. The van der Waals surface area contributed by atoms with Crippen LogP contribution in [0.15, 0.2) is 0 Å². The van der Waals surface area contributed by atoms with Gasteiger partial charge in [-0.3, -0.25) is 0 Å². The first-order valence-corrected chi connectivity index (χ1v) is 9.39. The highest BCUT2D eigenvalue weighted by Gasteiger charge is 2.17. The molecule has 0 bridgehead atoms. The molecule has 2 rings (SSSR count). The van der Waals surface area contributed by atoms with Gasteiger partial charge in [0, 0.05) is 26.7 Å². The summed E-state index contributed by atoms with van der Waals surface area (Å²) >= 11 is 1.86. The molecule has 1 aliphatic rings. The van der Waals surface area contributed by atoms with Crippen molar-refractivity contribution < 1.29 is 4.74 Å². The highest BCUT2D eigenvalue weighted by atomic mass is 32.2. The Hall–Kier alpha value is -1.24. The van der Waals surface area contributed by atoms with Crippen molar-refractivity contribution in [3.8, 4) is 6.01 Å². The van der Waals surface area contributed by atoms with Crippen molar-refractivity contribution in [3.63, 3.8) is 0 Å². The second-order valence-corrected chi connectivity index (χ2v) is 6.58. The molecule has 0 aromatic carbocycles. The van der Waals surface area contributed by atoms with Crippen LogP contribution in [0.2, 0.25) is 0 Å². The minimum atomic E-state index is 0.404. The Labute approximate surface area is 137 Å². The number of aromatic nitrogens is 3. The summed E-state index contributed by atoms with van der Waals surface area (Å²) in [6.45, 7) is 2.97. The molecule has 124 valence electrons. The van der Waals surface area contributed by atoms with Gasteiger partial charge in [0.1, 0.15) is 0 Å². The van der Waals surface area contributed by atoms with E-state index in [4.69, 9.17) is 4.74 Å². The van der Waals surface area contributed by atoms with Crippen LogP contribution >= 0.6 is 11.8 Å². The van der Waals surface area contributed by atoms with Gasteiger partial charge in [0.25, 0.3) is 0 Å². The summed E-state index contributed by atoms with van der Waals surface area (Å²) < 4.78 is 5.27. The monoisotopic (exact) mass is 325 g/mol. The molecule has 2 heterocycles. The Morgan fingerprint density at radius 3 is 2.50 bits per heavy atom. The number of hydrogen-bond acceptors (Lipinski definition) is 7. The Balaban J connectivity index is 2.13. The minimum absolute atomic E-state index is 0.404. The molecular weight excluding hydrogens is 298 g/mol. The topological polar surface area (TPSA) is 54.4 Å². The number of thioether (sulfide) groups is 1. The maximum Gasteiger partial charge on any atom is 0.322 e. The molecule has 22 heavy (non-hydrogen) atoms. The summed E-state index contributed by atoms with van der Waals surface area (Å²) in [6.07, 6.45) is 8.23. The number of hydrogen-bond donors (Lipinski definition) is 0. The Bertz CT molecular complexity index is 452. The van der Waals surface area contributed by atoms with E-state index in [0.29, 0.717) is 12.0 Å². The lowest BCUT2D eigenvalue weighted by Gasteiger charge is -2.23. The van der Waals surface area contributed by atoms with Gasteiger partial charge >= 0.3 is 6.01 Å². The predicted octanol–water partition coefficient (Wildman–Crippen LogP) is 2.45. The summed E-state index contributed by atoms with van der Waals surface area (Å²) in [4.78, 5) is 17.9. The fourth-order valence-electron chi connectivity index (χ4n) is 2.56. The van der Waals surface area contributed by atoms with Gasteiger partial charge in [-0.1, -0.05) is 12.8 Å². The van der Waals surface area contributed by atoms with Crippen LogP contribution in [0.1, 0.15) is 32.1 Å². The van der Waals surface area contributed by atoms with Crippen molar-refractivity contribution in [2.75, 3.05) is 55.6 Å². The van der Waals surface area contributed by atoms with Gasteiger partial charge in [-0.25, -0.2) is 0 Å². The Morgan fingerprint density at radius 2 is 1.86 bits per heavy atom. The Kier molecular flexibility index (Phi) is 7.02. The molecule has 1 aliphatic heterocycles. The number of ether oxygens (including phenoxy) is 1. The zero-order valence-electron chi connectivity index (χ0n) is 13.9. The number of rotatable bonds is 7. The Morgan fingerprint density at radius 1 is 1.14 bits per heavy atom. The molecule has 1 aromatic rings. The number of nitrogens with zero attached hydrogens (tertiary/aromatic N) is 5. The lowest BCUT2D eigenvalue weighted by atomic mass is 10.2. The van der Waals surface area contributed by atoms with E-state index in [0.717, 1.165) is 37.8 Å². The molecule has 1 fully saturated rings. The molecule has 1 saturated heterocycles. The standard InChI is InChI=1S/C15H27N5OS/c1-19(9-8-12-22-3)13-16-14(18-15(17-13)21-2)20-10-6-4-5-7-11-20/h4-12H2,1-3H3. The molecule has 0 spiro atoms. The van der Waals surface area contributed by atoms with Crippen molar-refractivity contribution in [3.05, 3.63) is 0 Å². The fraction of sp³-hybridized carbons (Fsp3) is 0.800. The van der Waals surface area contributed by atoms with Crippen molar-refractivity contribution in [2.45, 2.75) is 32.1 Å². The number of methoxy groups -OCH3 is 1. The van der Waals surface area contributed by atoms with E-state index < -0.39 is 0 Å². The third-order valence-electron chi connectivity index (χ3n) is 3.85. The van der Waals surface area contributed by atoms with Gasteiger partial charge < -0.3 is 14.5 Å². The van der Waals surface area contributed by atoms with Crippen LogP contribution in [0.4, 0.5) is 11.9 Å². The molecular formula is C15H27N5OS. The molecule has 0 radical (unpaired) electrons. The zero-order valence-corrected chi connectivity index (χ0v) is 14.7. The van der Waals surface area contributed by atoms with Crippen LogP contribution in [0.3, 0.4) is 0 Å². The van der Waals surface area contributed by atoms with E-state index in [1.165, 1.54) is 25.7 Å². The van der Waals surface area contributed by atoms with Crippen LogP contribution < -0.4 is 14.5 Å². The molecule has 0 N–H and O–H groups in total. The normalized spacial score (nSPS) is 15.5. The molecule has 0 aliphatic carbocycles. The highest BCUT2D eigenvalue weighted by molar-refractivity contribution is 7.98. The molecule has 6 nitrogen and oxygen atoms in total. The van der Waals surface area contributed by atoms with Gasteiger partial charge in [-0.05, 0) is 31.3 Å². The van der Waals surface area contributed by atoms with Gasteiger partial charge in [0.2, 0.25) is 11.9 Å². The number of anilines is 2. The second kappa shape index (κ2) is 9.02. The average molecular weight is 325 g/mol.